The van der Waals surface area contributed by atoms with Gasteiger partial charge in [-0.15, -0.1) is 97.1 Å². The molecule has 0 saturated carbocycles. The molecule has 0 bridgehead atoms. The molecule has 3 nitrogen and oxygen atoms in total. The number of hydrogen-bond donors (Lipinski definition) is 0. The van der Waals surface area contributed by atoms with E-state index >= 15 is 0 Å². The number of hydrogen-bond acceptors (Lipinski definition) is 11. The molecule has 1 aliphatic rings. The second-order valence-corrected chi connectivity index (χ2v) is 54.1. The molecule has 11 aromatic rings. The Labute approximate surface area is 795 Å². The molecule has 0 fully saturated rings. The van der Waals surface area contributed by atoms with Gasteiger partial charge in [-0.3, -0.25) is 9.97 Å². The van der Waals surface area contributed by atoms with E-state index in [1.54, 1.807) is 45.3 Å². The van der Waals surface area contributed by atoms with E-state index in [-0.39, 0.29) is 43.3 Å². The van der Waals surface area contributed by atoms with Crippen LogP contribution in [0, 0.1) is 52.4 Å². The number of terminal acetylenes is 1. The van der Waals surface area contributed by atoms with Gasteiger partial charge in [0.15, 0.2) is 0 Å². The number of nitrogens with zero attached hydrogens (tertiary/aromatic N) is 3. The van der Waals surface area contributed by atoms with Gasteiger partial charge in [-0.05, 0) is 264 Å². The zero-order valence-corrected chi connectivity index (χ0v) is 92.6. The number of allylic oxidation sites excluding steroid dienone is 2. The van der Waals surface area contributed by atoms with Gasteiger partial charge < -0.3 is 4.90 Å². The second kappa shape index (κ2) is 47.7. The summed E-state index contributed by atoms with van der Waals surface area (Å²) in [5.41, 5.74) is 8.17. The monoisotopic (exact) mass is 1960 g/mol. The lowest BCUT2D eigenvalue weighted by atomic mass is 9.84. The summed E-state index contributed by atoms with van der Waals surface area (Å²) in [6, 6.07) is 40.9. The summed E-state index contributed by atoms with van der Waals surface area (Å²) in [6.07, 6.45) is 17.5. The fourth-order valence-corrected chi connectivity index (χ4v) is 19.7. The Morgan fingerprint density at radius 1 is 0.400 bits per heavy atom. The van der Waals surface area contributed by atoms with Crippen LogP contribution in [0.1, 0.15) is 316 Å². The van der Waals surface area contributed by atoms with Crippen LogP contribution in [-0.4, -0.2) is 28.0 Å². The van der Waals surface area contributed by atoms with Crippen molar-refractivity contribution in [3.8, 4) is 12.3 Å². The van der Waals surface area contributed by atoms with Crippen LogP contribution in [0.3, 0.4) is 0 Å². The summed E-state index contributed by atoms with van der Waals surface area (Å²) in [4.78, 5) is 28.0. The third kappa shape index (κ3) is 42.1. The number of fused-ring (bicyclic) bond motifs is 1. The summed E-state index contributed by atoms with van der Waals surface area (Å²) in [7, 11) is 2.11. The highest BCUT2D eigenvalue weighted by molar-refractivity contribution is 9.11. The first kappa shape index (κ1) is 112. The van der Waals surface area contributed by atoms with Gasteiger partial charge in [0.2, 0.25) is 0 Å². The van der Waals surface area contributed by atoms with Gasteiger partial charge in [0.25, 0.3) is 0 Å². The molecule has 1 aromatic carbocycles. The zero-order chi connectivity index (χ0) is 92.7. The molecule has 0 spiro atoms. The lowest BCUT2D eigenvalue weighted by Gasteiger charge is -2.30. The topological polar surface area (TPSA) is 29.0 Å². The lowest BCUT2D eigenvalue weighted by molar-refractivity contribution is 0.387. The van der Waals surface area contributed by atoms with Crippen LogP contribution in [0.5, 0.6) is 0 Å². The maximum atomic E-state index is 5.95. The molecule has 12 rings (SSSR count). The quantitative estimate of drug-likeness (QED) is 0.142. The van der Waals surface area contributed by atoms with E-state index in [2.05, 4.69) is 438 Å². The van der Waals surface area contributed by atoms with Gasteiger partial charge in [0.05, 0.1) is 19.3 Å². The minimum absolute atomic E-state index is 0.236. The van der Waals surface area contributed by atoms with E-state index < -0.39 is 0 Å². The number of halogens is 5. The Hall–Kier alpha value is -3.95. The van der Waals surface area contributed by atoms with Crippen molar-refractivity contribution in [2.45, 2.75) is 330 Å². The summed E-state index contributed by atoms with van der Waals surface area (Å²) >= 11 is 39.0. The van der Waals surface area contributed by atoms with E-state index in [1.165, 1.54) is 94.3 Å². The molecule has 120 heavy (non-hydrogen) atoms. The molecule has 11 heterocycles. The van der Waals surface area contributed by atoms with Crippen LogP contribution >= 0.6 is 157 Å². The summed E-state index contributed by atoms with van der Waals surface area (Å²) in [5, 5.41) is 5.11. The molecule has 1 atom stereocenters. The number of thiophene rings is 8. The molecule has 1 unspecified atom stereocenters. The first-order chi connectivity index (χ1) is 54.3. The molecule has 662 valence electrons. The molecular formula is C104H148Br2Cl3N3S8. The second-order valence-electron chi connectivity index (χ2n) is 41.7. The average molecular weight is 1960 g/mol. The van der Waals surface area contributed by atoms with Crippen molar-refractivity contribution < 1.29 is 0 Å². The van der Waals surface area contributed by atoms with E-state index in [0.717, 1.165) is 25.0 Å². The highest BCUT2D eigenvalue weighted by atomic mass is 79.9. The van der Waals surface area contributed by atoms with Crippen LogP contribution in [0.4, 0.5) is 0 Å². The van der Waals surface area contributed by atoms with E-state index in [4.69, 9.17) is 41.2 Å². The molecule has 0 aliphatic carbocycles. The van der Waals surface area contributed by atoms with Crippen LogP contribution < -0.4 is 0 Å². The third-order valence-corrected chi connectivity index (χ3v) is 33.1. The molecule has 10 aromatic heterocycles. The first-order valence-electron chi connectivity index (χ1n) is 41.2. The smallest absolute Gasteiger partial charge is 0.0931 e. The van der Waals surface area contributed by atoms with Crippen LogP contribution in [0.15, 0.2) is 172 Å². The Morgan fingerprint density at radius 3 is 1.09 bits per heavy atom. The Bertz CT molecular complexity index is 4590. The summed E-state index contributed by atoms with van der Waals surface area (Å²) in [6.45, 7) is 86.0. The van der Waals surface area contributed by atoms with E-state index in [9.17, 15) is 0 Å². The lowest BCUT2D eigenvalue weighted by Crippen LogP contribution is -2.26. The number of aromatic nitrogens is 2. The largest absolute Gasteiger partial charge is 0.374 e. The Balaban J connectivity index is 0.000000448. The fraction of sp³-hybridized carbons (Fsp3) is 0.500. The molecule has 0 saturated heterocycles. The van der Waals surface area contributed by atoms with Crippen molar-refractivity contribution >= 4 is 167 Å². The minimum Gasteiger partial charge on any atom is -0.374 e. The maximum Gasteiger partial charge on any atom is 0.0931 e. The number of pyridine rings is 2. The number of rotatable bonds is 0. The number of likely N-dealkylation sites (N-methyl/N-ethyl adjacent to an activating group) is 1. The molecule has 0 amide bonds. The van der Waals surface area contributed by atoms with Gasteiger partial charge >= 0.3 is 0 Å². The Morgan fingerprint density at radius 2 is 0.817 bits per heavy atom. The predicted octanol–water partition coefficient (Wildman–Crippen LogP) is 38.1. The van der Waals surface area contributed by atoms with Crippen molar-refractivity contribution in [3.05, 3.63) is 267 Å². The van der Waals surface area contributed by atoms with Crippen molar-refractivity contribution in [1.82, 2.24) is 14.9 Å². The van der Waals surface area contributed by atoms with E-state index in [1.807, 2.05) is 94.4 Å². The van der Waals surface area contributed by atoms with Crippen molar-refractivity contribution in [1.29, 1.82) is 0 Å². The van der Waals surface area contributed by atoms with Gasteiger partial charge in [-0.1, -0.05) is 293 Å². The average Bonchev–Trinajstić information content (AvgIpc) is 1.42. The van der Waals surface area contributed by atoms with E-state index in [0.29, 0.717) is 22.3 Å². The molecule has 16 heteroatoms. The molecule has 0 radical (unpaired) electrons. The van der Waals surface area contributed by atoms with Crippen LogP contribution in [0.2, 0.25) is 14.4 Å². The molecule has 0 N–H and O–H groups in total. The highest BCUT2D eigenvalue weighted by Gasteiger charge is 2.24. The zero-order valence-electron chi connectivity index (χ0n) is 80.7. The van der Waals surface area contributed by atoms with Crippen molar-refractivity contribution in [2.24, 2.45) is 5.41 Å². The summed E-state index contributed by atoms with van der Waals surface area (Å²) in [5.74, 6) is 2.64. The molecule has 1 aliphatic heterocycles. The van der Waals surface area contributed by atoms with Gasteiger partial charge in [0, 0.05) is 115 Å². The first-order valence-corrected chi connectivity index (χ1v) is 50.6. The van der Waals surface area contributed by atoms with Gasteiger partial charge in [0.1, 0.15) is 0 Å². The van der Waals surface area contributed by atoms with Crippen LogP contribution in [-0.2, 0) is 54.1 Å². The normalized spacial score (nSPS) is 13.1. The minimum atomic E-state index is 0.236. The van der Waals surface area contributed by atoms with Gasteiger partial charge in [-0.25, -0.2) is 0 Å². The highest BCUT2D eigenvalue weighted by Crippen LogP contribution is 2.40. The van der Waals surface area contributed by atoms with Crippen molar-refractivity contribution in [3.63, 3.8) is 0 Å². The third-order valence-electron chi connectivity index (χ3n) is 18.3. The predicted molar refractivity (Wildman–Crippen MR) is 563 cm³/mol. The van der Waals surface area contributed by atoms with Crippen LogP contribution in [0.25, 0.3) is 10.1 Å². The molecular weight excluding hydrogens is 1810 g/mol. The van der Waals surface area contributed by atoms with Gasteiger partial charge in [-0.2, -0.15) is 0 Å². The maximum absolute atomic E-state index is 5.95. The summed E-state index contributed by atoms with van der Waals surface area (Å²) < 4.78 is 4.76. The fourth-order valence-electron chi connectivity index (χ4n) is 10.1. The standard InChI is InChI=1S/C12H14S.C11H19N.C10H15N.C10H12S.2C9H13BrS.C9H13ClS.C9H13N.C9H14S.2C8H11ClS/c1-12(2,3)11-8-9-6-4-5-7-10(9)13-11;1-9-8-10(11(2,3)4)6-7-12(9)5;1-8-7-9(5-6-11-8)10(2,3)4;1-5-8-6-7-9(11-8)10(2,3)4;3*1-6-7(10)5-8(11-6)9(2,3)4;1-9(2,3)8-4-6-10-7-5-8;1-7-5-6-8(10-7)9(2,3)4;1-8(2,3)7-4-6(9)5-10-7;1-8(2,3)6-4-5-7(9)10-6/h4-8H,1-3H3;6-9H,1-5H3;5-7H,1-4H3;1,6-7H,2-4H3;3*5H,1-4H3;4-7H,1-3H3;5-6H,1-4H3;2*4-5H,1-3H3. The number of benzene rings is 1. The van der Waals surface area contributed by atoms with Crippen molar-refractivity contribution in [2.75, 3.05) is 7.05 Å². The SMILES string of the molecule is C#Cc1ccc(C(C)(C)C)s1.CC(C)(C)c1cc(Cl)cs1.CC(C)(C)c1cc2ccccc2s1.CC(C)(C)c1ccc(Cl)s1.CC(C)(C)c1ccncc1.CC1C=C(C(C)(C)C)C=CN1C.Cc1cc(C(C)(C)C)ccn1.Cc1ccc(C(C)(C)C)s1.Cc1sc(C(C)(C)C)cc1Br.Cc1sc(C(C)(C)C)cc1Br.Cc1sc(C(C)(C)C)cc1Cl. The number of aryl methyl sites for hydroxylation is 5. The Kier molecular flexibility index (Phi) is 44.6.